The van der Waals surface area contributed by atoms with Gasteiger partial charge in [0.15, 0.2) is 5.78 Å². The van der Waals surface area contributed by atoms with Crippen molar-refractivity contribution in [3.05, 3.63) is 51.0 Å². The summed E-state index contributed by atoms with van der Waals surface area (Å²) in [6.45, 7) is 0. The molecule has 0 bridgehead atoms. The molecule has 0 unspecified atom stereocenters. The topological polar surface area (TPSA) is 67.3 Å². The Morgan fingerprint density at radius 1 is 1.15 bits per heavy atom. The van der Waals surface area contributed by atoms with Crippen LogP contribution in [0.15, 0.2) is 24.5 Å². The molecule has 6 heteroatoms. The number of hydrogen-bond acceptors (Lipinski definition) is 5. The van der Waals surface area contributed by atoms with Crippen LogP contribution in [0.2, 0.25) is 0 Å². The quantitative estimate of drug-likeness (QED) is 0.681. The molecule has 0 aromatic carbocycles. The number of fused-ring (bicyclic) bond motifs is 2. The highest BCUT2D eigenvalue weighted by molar-refractivity contribution is 7.16. The molecule has 1 aliphatic rings. The van der Waals surface area contributed by atoms with E-state index in [0.717, 1.165) is 11.3 Å². The van der Waals surface area contributed by atoms with Gasteiger partial charge in [-0.1, -0.05) is 0 Å². The van der Waals surface area contributed by atoms with Crippen LogP contribution >= 0.6 is 11.3 Å². The number of carbonyl (C=O) groups is 3. The van der Waals surface area contributed by atoms with Gasteiger partial charge in [-0.2, -0.15) is 0 Å². The molecule has 2 aromatic heterocycles. The third-order valence-electron chi connectivity index (χ3n) is 3.11. The van der Waals surface area contributed by atoms with Crippen LogP contribution in [-0.2, 0) is 0 Å². The summed E-state index contributed by atoms with van der Waals surface area (Å²) >= 11 is 1.07. The van der Waals surface area contributed by atoms with E-state index in [1.807, 2.05) is 0 Å². The molecule has 0 spiro atoms. The number of nitrogens with zero attached hydrogens (tertiary/aromatic N) is 2. The van der Waals surface area contributed by atoms with Gasteiger partial charge in [-0.25, -0.2) is 0 Å². The zero-order valence-corrected chi connectivity index (χ0v) is 11.7. The van der Waals surface area contributed by atoms with Gasteiger partial charge in [0.25, 0.3) is 5.91 Å². The molecule has 100 valence electrons. The SMILES string of the molecule is CN(C)C(=O)c1cc2c(s1)C(=O)c1ccncc1C2=O. The van der Waals surface area contributed by atoms with Crippen molar-refractivity contribution in [2.75, 3.05) is 14.1 Å². The van der Waals surface area contributed by atoms with Gasteiger partial charge >= 0.3 is 0 Å². The number of carbonyl (C=O) groups excluding carboxylic acids is 3. The molecule has 2 aromatic rings. The van der Waals surface area contributed by atoms with E-state index in [-0.39, 0.29) is 17.5 Å². The Labute approximate surface area is 118 Å². The van der Waals surface area contributed by atoms with Crippen LogP contribution in [0.4, 0.5) is 0 Å². The monoisotopic (exact) mass is 286 g/mol. The van der Waals surface area contributed by atoms with E-state index >= 15 is 0 Å². The molecule has 0 fully saturated rings. The van der Waals surface area contributed by atoms with Crippen LogP contribution in [0.5, 0.6) is 0 Å². The second-order valence-corrected chi connectivity index (χ2v) is 5.68. The second-order valence-electron chi connectivity index (χ2n) is 4.63. The van der Waals surface area contributed by atoms with Crippen molar-refractivity contribution in [1.82, 2.24) is 9.88 Å². The standard InChI is InChI=1S/C14H10N2O3S/c1-16(2)14(19)10-5-8-11(17)9-6-15-4-3-7(9)12(18)13(8)20-10/h3-6H,1-2H3. The molecule has 0 N–H and O–H groups in total. The summed E-state index contributed by atoms with van der Waals surface area (Å²) in [5.41, 5.74) is 0.945. The molecular formula is C14H10N2O3S. The van der Waals surface area contributed by atoms with E-state index in [1.165, 1.54) is 29.4 Å². The highest BCUT2D eigenvalue weighted by Gasteiger charge is 2.33. The Bertz CT molecular complexity index is 709. The number of amides is 1. The number of aromatic nitrogens is 1. The maximum absolute atomic E-state index is 12.4. The summed E-state index contributed by atoms with van der Waals surface area (Å²) in [4.78, 5) is 42.7. The lowest BCUT2D eigenvalue weighted by Crippen LogP contribution is -2.20. The first kappa shape index (κ1) is 12.7. The van der Waals surface area contributed by atoms with Crippen LogP contribution in [0.3, 0.4) is 0 Å². The lowest BCUT2D eigenvalue weighted by atomic mass is 9.90. The summed E-state index contributed by atoms with van der Waals surface area (Å²) in [7, 11) is 3.26. The molecule has 5 nitrogen and oxygen atoms in total. The summed E-state index contributed by atoms with van der Waals surface area (Å²) in [6, 6.07) is 3.03. The Morgan fingerprint density at radius 2 is 1.90 bits per heavy atom. The lowest BCUT2D eigenvalue weighted by molar-refractivity contribution is 0.0832. The molecule has 2 heterocycles. The Kier molecular flexibility index (Phi) is 2.76. The fourth-order valence-corrected chi connectivity index (χ4v) is 3.23. The number of pyridine rings is 1. The zero-order valence-electron chi connectivity index (χ0n) is 10.8. The van der Waals surface area contributed by atoms with E-state index < -0.39 is 0 Å². The van der Waals surface area contributed by atoms with E-state index in [1.54, 1.807) is 14.1 Å². The number of rotatable bonds is 1. The third-order valence-corrected chi connectivity index (χ3v) is 4.23. The highest BCUT2D eigenvalue weighted by atomic mass is 32.1. The molecule has 0 saturated heterocycles. The van der Waals surface area contributed by atoms with Crippen molar-refractivity contribution in [1.29, 1.82) is 0 Å². The Hall–Kier alpha value is -2.34. The maximum atomic E-state index is 12.4. The molecule has 1 amide bonds. The van der Waals surface area contributed by atoms with E-state index in [2.05, 4.69) is 4.98 Å². The van der Waals surface area contributed by atoms with Gasteiger partial charge in [-0.15, -0.1) is 11.3 Å². The van der Waals surface area contributed by atoms with E-state index in [0.29, 0.717) is 26.4 Å². The minimum atomic E-state index is -0.253. The van der Waals surface area contributed by atoms with Crippen LogP contribution < -0.4 is 0 Å². The molecule has 0 saturated carbocycles. The first-order chi connectivity index (χ1) is 9.50. The minimum Gasteiger partial charge on any atom is -0.344 e. The highest BCUT2D eigenvalue weighted by Crippen LogP contribution is 2.33. The van der Waals surface area contributed by atoms with Crippen LogP contribution in [-0.4, -0.2) is 41.5 Å². The van der Waals surface area contributed by atoms with E-state index in [9.17, 15) is 14.4 Å². The molecule has 1 aliphatic carbocycles. The van der Waals surface area contributed by atoms with Crippen LogP contribution in [0, 0.1) is 0 Å². The van der Waals surface area contributed by atoms with Gasteiger partial charge in [0.2, 0.25) is 5.78 Å². The molecular weight excluding hydrogens is 276 g/mol. The molecule has 3 rings (SSSR count). The van der Waals surface area contributed by atoms with Crippen LogP contribution in [0.1, 0.15) is 40.8 Å². The molecule has 20 heavy (non-hydrogen) atoms. The second kappa shape index (κ2) is 4.35. The van der Waals surface area contributed by atoms with Crippen molar-refractivity contribution in [2.45, 2.75) is 0 Å². The summed E-state index contributed by atoms with van der Waals surface area (Å²) < 4.78 is 0. The summed E-state index contributed by atoms with van der Waals surface area (Å²) in [6.07, 6.45) is 2.87. The van der Waals surface area contributed by atoms with Gasteiger partial charge < -0.3 is 4.90 Å². The largest absolute Gasteiger partial charge is 0.344 e. The molecule has 0 atom stereocenters. The number of ketones is 2. The fourth-order valence-electron chi connectivity index (χ4n) is 2.09. The van der Waals surface area contributed by atoms with Crippen molar-refractivity contribution < 1.29 is 14.4 Å². The average molecular weight is 286 g/mol. The lowest BCUT2D eigenvalue weighted by Gasteiger charge is -2.12. The normalized spacial score (nSPS) is 12.9. The first-order valence-electron chi connectivity index (χ1n) is 5.89. The number of thiophene rings is 1. The Morgan fingerprint density at radius 3 is 2.60 bits per heavy atom. The predicted molar refractivity (Wildman–Crippen MR) is 73.4 cm³/mol. The van der Waals surface area contributed by atoms with Crippen molar-refractivity contribution in [3.8, 4) is 0 Å². The maximum Gasteiger partial charge on any atom is 0.263 e. The fraction of sp³-hybridized carbons (Fsp3) is 0.143. The summed E-state index contributed by atoms with van der Waals surface area (Å²) in [5.74, 6) is -0.691. The van der Waals surface area contributed by atoms with Crippen molar-refractivity contribution >= 4 is 28.8 Å². The van der Waals surface area contributed by atoms with Crippen molar-refractivity contribution in [3.63, 3.8) is 0 Å². The first-order valence-corrected chi connectivity index (χ1v) is 6.71. The van der Waals surface area contributed by atoms with Gasteiger partial charge in [0.1, 0.15) is 0 Å². The van der Waals surface area contributed by atoms with Gasteiger partial charge in [-0.3, -0.25) is 19.4 Å². The van der Waals surface area contributed by atoms with Crippen molar-refractivity contribution in [2.24, 2.45) is 0 Å². The Balaban J connectivity index is 2.17. The van der Waals surface area contributed by atoms with Gasteiger partial charge in [-0.05, 0) is 12.1 Å². The average Bonchev–Trinajstić information content (AvgIpc) is 2.89. The zero-order chi connectivity index (χ0) is 14.4. The van der Waals surface area contributed by atoms with Gasteiger partial charge in [0, 0.05) is 37.6 Å². The smallest absolute Gasteiger partial charge is 0.263 e. The predicted octanol–water partition coefficient (Wildman–Crippen LogP) is 1.62. The third kappa shape index (κ3) is 1.69. The minimum absolute atomic E-state index is 0.216. The number of hydrogen-bond donors (Lipinski definition) is 0. The summed E-state index contributed by atoms with van der Waals surface area (Å²) in [5, 5.41) is 0. The molecule has 0 aliphatic heterocycles. The van der Waals surface area contributed by atoms with Gasteiger partial charge in [0.05, 0.1) is 15.3 Å². The van der Waals surface area contributed by atoms with E-state index in [4.69, 9.17) is 0 Å². The molecule has 0 radical (unpaired) electrons. The van der Waals surface area contributed by atoms with Crippen LogP contribution in [0.25, 0.3) is 0 Å².